The molecule has 3 aromatic carbocycles. The third kappa shape index (κ3) is 3.76. The lowest BCUT2D eigenvalue weighted by Gasteiger charge is -2.08. The third-order valence-corrected chi connectivity index (χ3v) is 3.95. The van der Waals surface area contributed by atoms with Gasteiger partial charge in [0.05, 0.1) is 5.56 Å². The molecule has 3 rings (SSSR count). The Balaban J connectivity index is 1.66. The number of phenols is 1. The molecule has 0 aliphatic carbocycles. The number of hydrogen-bond donors (Lipinski definition) is 2. The van der Waals surface area contributed by atoms with Gasteiger partial charge in [-0.3, -0.25) is 4.79 Å². The summed E-state index contributed by atoms with van der Waals surface area (Å²) in [7, 11) is 0. The number of amides is 1. The van der Waals surface area contributed by atoms with Crippen LogP contribution in [0, 0.1) is 0 Å². The Bertz CT molecular complexity index is 845. The van der Waals surface area contributed by atoms with Crippen molar-refractivity contribution in [3.63, 3.8) is 0 Å². The van der Waals surface area contributed by atoms with Gasteiger partial charge < -0.3 is 10.4 Å². The van der Waals surface area contributed by atoms with Crippen LogP contribution in [0.1, 0.15) is 15.9 Å². The van der Waals surface area contributed by atoms with Gasteiger partial charge in [0, 0.05) is 11.6 Å². The third-order valence-electron chi connectivity index (χ3n) is 3.72. The van der Waals surface area contributed by atoms with Gasteiger partial charge in [-0.15, -0.1) is 0 Å². The van der Waals surface area contributed by atoms with E-state index in [1.165, 1.54) is 18.2 Å². The van der Waals surface area contributed by atoms with Crippen LogP contribution in [0.2, 0.25) is 5.02 Å². The van der Waals surface area contributed by atoms with Gasteiger partial charge in [0.15, 0.2) is 0 Å². The number of nitrogens with one attached hydrogen (secondary N) is 1. The monoisotopic (exact) mass is 337 g/mol. The molecule has 2 N–H and O–H groups in total. The Morgan fingerprint density at radius 2 is 1.58 bits per heavy atom. The van der Waals surface area contributed by atoms with E-state index in [1.54, 1.807) is 0 Å². The Labute approximate surface area is 145 Å². The van der Waals surface area contributed by atoms with E-state index in [2.05, 4.69) is 17.4 Å². The molecule has 3 nitrogen and oxygen atoms in total. The van der Waals surface area contributed by atoms with Crippen molar-refractivity contribution in [2.75, 3.05) is 0 Å². The molecule has 0 fully saturated rings. The molecule has 24 heavy (non-hydrogen) atoms. The molecule has 0 radical (unpaired) electrons. The summed E-state index contributed by atoms with van der Waals surface area (Å²) >= 11 is 5.86. The van der Waals surface area contributed by atoms with Gasteiger partial charge in [-0.2, -0.15) is 0 Å². The number of rotatable bonds is 4. The Kier molecular flexibility index (Phi) is 4.82. The number of aromatic hydroxyl groups is 1. The van der Waals surface area contributed by atoms with Crippen molar-refractivity contribution in [2.45, 2.75) is 6.54 Å². The molecule has 0 aliphatic heterocycles. The lowest BCUT2D eigenvalue weighted by molar-refractivity contribution is 0.0948. The maximum Gasteiger partial charge on any atom is 0.255 e. The van der Waals surface area contributed by atoms with Crippen molar-refractivity contribution in [3.8, 4) is 16.9 Å². The molecule has 0 heterocycles. The summed E-state index contributed by atoms with van der Waals surface area (Å²) in [6.45, 7) is 0.375. The average Bonchev–Trinajstić information content (AvgIpc) is 2.63. The van der Waals surface area contributed by atoms with Crippen LogP contribution in [0.3, 0.4) is 0 Å². The summed E-state index contributed by atoms with van der Waals surface area (Å²) in [5.74, 6) is -0.446. The average molecular weight is 338 g/mol. The van der Waals surface area contributed by atoms with Crippen LogP contribution in [0.5, 0.6) is 5.75 Å². The first-order chi connectivity index (χ1) is 11.6. The smallest absolute Gasteiger partial charge is 0.255 e. The summed E-state index contributed by atoms with van der Waals surface area (Å²) < 4.78 is 0. The molecule has 3 aromatic rings. The van der Waals surface area contributed by atoms with E-state index in [0.717, 1.165) is 16.7 Å². The minimum Gasteiger partial charge on any atom is -0.507 e. The van der Waals surface area contributed by atoms with Gasteiger partial charge in [-0.05, 0) is 34.9 Å². The van der Waals surface area contributed by atoms with Crippen LogP contribution in [-0.4, -0.2) is 11.0 Å². The van der Waals surface area contributed by atoms with Crippen molar-refractivity contribution < 1.29 is 9.90 Å². The molecule has 0 saturated heterocycles. The maximum absolute atomic E-state index is 12.1. The highest BCUT2D eigenvalue weighted by Crippen LogP contribution is 2.22. The lowest BCUT2D eigenvalue weighted by Crippen LogP contribution is -2.22. The molecule has 1 amide bonds. The standard InChI is InChI=1S/C20H16ClNO2/c21-17-10-11-19(23)18(12-17)20(24)22-13-14-6-8-16(9-7-14)15-4-2-1-3-5-15/h1-12,23H,13H2,(H,22,24). The van der Waals surface area contributed by atoms with E-state index in [1.807, 2.05) is 42.5 Å². The van der Waals surface area contributed by atoms with Gasteiger partial charge in [0.25, 0.3) is 5.91 Å². The molecule has 4 heteroatoms. The normalized spacial score (nSPS) is 10.4. The minimum absolute atomic E-state index is 0.0867. The van der Waals surface area contributed by atoms with Crippen LogP contribution in [-0.2, 0) is 6.54 Å². The summed E-state index contributed by atoms with van der Waals surface area (Å²) in [6, 6.07) is 22.5. The van der Waals surface area contributed by atoms with Crippen molar-refractivity contribution in [3.05, 3.63) is 88.9 Å². The van der Waals surface area contributed by atoms with Gasteiger partial charge >= 0.3 is 0 Å². The van der Waals surface area contributed by atoms with Crippen molar-refractivity contribution in [2.24, 2.45) is 0 Å². The van der Waals surface area contributed by atoms with Crippen LogP contribution in [0.4, 0.5) is 0 Å². The van der Waals surface area contributed by atoms with Crippen LogP contribution < -0.4 is 5.32 Å². The molecular formula is C20H16ClNO2. The zero-order valence-electron chi connectivity index (χ0n) is 12.9. The van der Waals surface area contributed by atoms with E-state index in [-0.39, 0.29) is 17.2 Å². The molecule has 0 unspecified atom stereocenters. The number of halogens is 1. The first kappa shape index (κ1) is 16.1. The summed E-state index contributed by atoms with van der Waals surface area (Å²) in [6.07, 6.45) is 0. The minimum atomic E-state index is -0.359. The highest BCUT2D eigenvalue weighted by atomic mass is 35.5. The second-order valence-corrected chi connectivity index (χ2v) is 5.84. The van der Waals surface area contributed by atoms with Crippen LogP contribution in [0.15, 0.2) is 72.8 Å². The zero-order valence-corrected chi connectivity index (χ0v) is 13.6. The van der Waals surface area contributed by atoms with Gasteiger partial charge in [0.1, 0.15) is 5.75 Å². The molecule has 120 valence electrons. The van der Waals surface area contributed by atoms with E-state index >= 15 is 0 Å². The largest absolute Gasteiger partial charge is 0.507 e. The van der Waals surface area contributed by atoms with E-state index in [4.69, 9.17) is 11.6 Å². The SMILES string of the molecule is O=C(NCc1ccc(-c2ccccc2)cc1)c1cc(Cl)ccc1O. The summed E-state index contributed by atoms with van der Waals surface area (Å²) in [5, 5.41) is 12.9. The number of hydrogen-bond acceptors (Lipinski definition) is 2. The van der Waals surface area contributed by atoms with Gasteiger partial charge in [-0.25, -0.2) is 0 Å². The Hall–Kier alpha value is -2.78. The first-order valence-corrected chi connectivity index (χ1v) is 7.92. The summed E-state index contributed by atoms with van der Waals surface area (Å²) in [4.78, 5) is 12.1. The van der Waals surface area contributed by atoms with Gasteiger partial charge in [0.2, 0.25) is 0 Å². The second-order valence-electron chi connectivity index (χ2n) is 5.41. The predicted molar refractivity (Wildman–Crippen MR) is 96.2 cm³/mol. The van der Waals surface area contributed by atoms with E-state index < -0.39 is 0 Å². The molecule has 0 spiro atoms. The zero-order chi connectivity index (χ0) is 16.9. The Morgan fingerprint density at radius 3 is 2.29 bits per heavy atom. The van der Waals surface area contributed by atoms with Crippen molar-refractivity contribution >= 4 is 17.5 Å². The first-order valence-electron chi connectivity index (χ1n) is 7.54. The molecule has 0 saturated carbocycles. The van der Waals surface area contributed by atoms with Crippen molar-refractivity contribution in [1.29, 1.82) is 0 Å². The molecule has 0 aliphatic rings. The number of phenolic OH excluding ortho intramolecular Hbond substituents is 1. The topological polar surface area (TPSA) is 49.3 Å². The van der Waals surface area contributed by atoms with Gasteiger partial charge in [-0.1, -0.05) is 66.2 Å². The Morgan fingerprint density at radius 1 is 0.917 bits per heavy atom. The fourth-order valence-electron chi connectivity index (χ4n) is 2.41. The number of carbonyl (C=O) groups is 1. The predicted octanol–water partition coefficient (Wildman–Crippen LogP) is 4.64. The maximum atomic E-state index is 12.1. The summed E-state index contributed by atoms with van der Waals surface area (Å²) in [5.41, 5.74) is 3.42. The fourth-order valence-corrected chi connectivity index (χ4v) is 2.59. The fraction of sp³-hybridized carbons (Fsp3) is 0.0500. The van der Waals surface area contributed by atoms with E-state index in [0.29, 0.717) is 11.6 Å². The lowest BCUT2D eigenvalue weighted by atomic mass is 10.0. The molecule has 0 atom stereocenters. The quantitative estimate of drug-likeness (QED) is 0.728. The second kappa shape index (κ2) is 7.20. The van der Waals surface area contributed by atoms with Crippen LogP contribution in [0.25, 0.3) is 11.1 Å². The molecule has 0 aromatic heterocycles. The van der Waals surface area contributed by atoms with E-state index in [9.17, 15) is 9.90 Å². The number of benzene rings is 3. The highest BCUT2D eigenvalue weighted by Gasteiger charge is 2.11. The molecule has 0 bridgehead atoms. The molecular weight excluding hydrogens is 322 g/mol. The highest BCUT2D eigenvalue weighted by molar-refractivity contribution is 6.31. The number of carbonyl (C=O) groups excluding carboxylic acids is 1. The van der Waals surface area contributed by atoms with Crippen molar-refractivity contribution in [1.82, 2.24) is 5.32 Å². The van der Waals surface area contributed by atoms with Crippen LogP contribution >= 0.6 is 11.6 Å².